The average Bonchev–Trinajstić information content (AvgIpc) is 3.46. The monoisotopic (exact) mass is 470 g/mol. The van der Waals surface area contributed by atoms with Gasteiger partial charge in [-0.25, -0.2) is 0 Å². The molecule has 2 saturated carbocycles. The van der Waals surface area contributed by atoms with Crippen molar-refractivity contribution in [3.63, 3.8) is 0 Å². The molecule has 1 aromatic heterocycles. The van der Waals surface area contributed by atoms with E-state index in [4.69, 9.17) is 18.6 Å². The zero-order valence-corrected chi connectivity index (χ0v) is 19.7. The molecule has 2 spiro atoms. The molecule has 7 rings (SSSR count). The minimum Gasteiger partial charge on any atom is -0.472 e. The molecule has 182 valence electrons. The summed E-state index contributed by atoms with van der Waals surface area (Å²) in [4.78, 5) is 39.1. The summed E-state index contributed by atoms with van der Waals surface area (Å²) >= 11 is 0. The summed E-state index contributed by atoms with van der Waals surface area (Å²) in [6.07, 6.45) is 4.82. The van der Waals surface area contributed by atoms with Crippen molar-refractivity contribution in [3.05, 3.63) is 24.2 Å². The van der Waals surface area contributed by atoms with E-state index in [1.54, 1.807) is 12.5 Å². The van der Waals surface area contributed by atoms with Gasteiger partial charge in [-0.1, -0.05) is 20.8 Å². The number of carbonyl (C=O) groups is 3. The van der Waals surface area contributed by atoms with E-state index in [2.05, 4.69) is 6.92 Å². The second-order valence-corrected chi connectivity index (χ2v) is 12.3. The summed E-state index contributed by atoms with van der Waals surface area (Å²) < 4.78 is 23.6. The lowest BCUT2D eigenvalue weighted by Gasteiger charge is -2.66. The zero-order valence-electron chi connectivity index (χ0n) is 19.7. The Kier molecular flexibility index (Phi) is 3.70. The molecule has 5 heterocycles. The Balaban J connectivity index is 1.41. The summed E-state index contributed by atoms with van der Waals surface area (Å²) in [6.45, 7) is 5.98. The number of rotatable bonds is 1. The molecule has 8 nitrogen and oxygen atoms in total. The third kappa shape index (κ3) is 2.02. The number of cyclic esters (lactones) is 2. The first-order chi connectivity index (χ1) is 16.0. The lowest BCUT2D eigenvalue weighted by atomic mass is 9.36. The lowest BCUT2D eigenvalue weighted by molar-refractivity contribution is -0.301. The molecule has 6 fully saturated rings. The molecular weight excluding hydrogens is 440 g/mol. The smallest absolute Gasteiger partial charge is 0.306 e. The van der Waals surface area contributed by atoms with Crippen LogP contribution in [0.2, 0.25) is 0 Å². The highest BCUT2D eigenvalue weighted by Crippen LogP contribution is 2.80. The van der Waals surface area contributed by atoms with Crippen LogP contribution < -0.4 is 0 Å². The van der Waals surface area contributed by atoms with Gasteiger partial charge in [-0.05, 0) is 31.2 Å². The quantitative estimate of drug-likeness (QED) is 0.624. The van der Waals surface area contributed by atoms with Crippen molar-refractivity contribution in [1.82, 2.24) is 0 Å². The number of aliphatic hydroxyl groups is 1. The van der Waals surface area contributed by atoms with Gasteiger partial charge in [0.2, 0.25) is 0 Å². The summed E-state index contributed by atoms with van der Waals surface area (Å²) in [5.74, 6) is -3.87. The number of ketones is 1. The van der Waals surface area contributed by atoms with Crippen LogP contribution in [0.15, 0.2) is 23.0 Å². The molecule has 4 saturated heterocycles. The maximum atomic E-state index is 13.8. The minimum absolute atomic E-state index is 0.0473. The Morgan fingerprint density at radius 3 is 2.53 bits per heavy atom. The SMILES string of the molecule is CC1(C)C(=O)[C@H]2C[C@@]34O[C@]2(O)[C@]2(COC(=O)C[C@@H]12)[C@H]3CC[C@]1(C)[C@H]4CC(=O)O[C@H]1c1ccoc1. The van der Waals surface area contributed by atoms with Gasteiger partial charge in [-0.3, -0.25) is 14.4 Å². The van der Waals surface area contributed by atoms with Crippen molar-refractivity contribution in [1.29, 1.82) is 0 Å². The van der Waals surface area contributed by atoms with Gasteiger partial charge in [-0.2, -0.15) is 0 Å². The molecular formula is C26H30O8. The summed E-state index contributed by atoms with van der Waals surface area (Å²) in [6, 6.07) is 1.83. The third-order valence-electron chi connectivity index (χ3n) is 10.9. The first kappa shape index (κ1) is 21.1. The van der Waals surface area contributed by atoms with E-state index in [1.165, 1.54) is 0 Å². The summed E-state index contributed by atoms with van der Waals surface area (Å²) in [7, 11) is 0. The topological polar surface area (TPSA) is 112 Å². The molecule has 0 radical (unpaired) electrons. The van der Waals surface area contributed by atoms with Gasteiger partial charge in [0.25, 0.3) is 0 Å². The highest BCUT2D eigenvalue weighted by Gasteiger charge is 2.89. The van der Waals surface area contributed by atoms with E-state index in [1.807, 2.05) is 19.9 Å². The highest BCUT2D eigenvalue weighted by molar-refractivity contribution is 5.91. The number of furan rings is 1. The minimum atomic E-state index is -1.70. The number of fused-ring (bicyclic) bond motifs is 1. The maximum Gasteiger partial charge on any atom is 0.306 e. The number of Topliss-reactive ketones (excluding diaryl/α,β-unsaturated/α-hetero) is 1. The molecule has 0 aromatic carbocycles. The lowest BCUT2D eigenvalue weighted by Crippen LogP contribution is -2.74. The molecule has 1 N–H and O–H groups in total. The molecule has 2 aliphatic carbocycles. The van der Waals surface area contributed by atoms with Crippen molar-refractivity contribution in [2.45, 2.75) is 70.4 Å². The molecule has 0 amide bonds. The molecule has 34 heavy (non-hydrogen) atoms. The van der Waals surface area contributed by atoms with Crippen LogP contribution in [0.4, 0.5) is 0 Å². The fourth-order valence-corrected chi connectivity index (χ4v) is 9.59. The first-order valence-electron chi connectivity index (χ1n) is 12.3. The standard InChI is InChI=1S/C26H30O8/c1-22(2)16-8-18(27)32-12-24(16)15-4-6-23(3)17(9-19(28)33-21(23)13-5-7-31-11-13)25(15)10-14(20(22)29)26(24,30)34-25/h5,7,11,14-17,21,30H,4,6,8-10,12H2,1-3H3/t14-,15-,16+,17-,21+,23-,24-,25-,26+/m1/s1. The third-order valence-corrected chi connectivity index (χ3v) is 10.9. The average molecular weight is 471 g/mol. The Bertz CT molecular complexity index is 1120. The van der Waals surface area contributed by atoms with Crippen molar-refractivity contribution < 1.29 is 38.1 Å². The van der Waals surface area contributed by atoms with Crippen molar-refractivity contribution in [2.24, 2.45) is 39.9 Å². The van der Waals surface area contributed by atoms with Crippen LogP contribution in [0, 0.1) is 39.9 Å². The van der Waals surface area contributed by atoms with Crippen LogP contribution in [0.3, 0.4) is 0 Å². The molecule has 6 aliphatic rings. The van der Waals surface area contributed by atoms with E-state index < -0.39 is 39.7 Å². The van der Waals surface area contributed by atoms with Crippen LogP contribution in [-0.4, -0.2) is 40.8 Å². The molecule has 4 aliphatic heterocycles. The van der Waals surface area contributed by atoms with Crippen molar-refractivity contribution in [3.8, 4) is 0 Å². The normalized spacial score (nSPS) is 52.4. The molecule has 2 bridgehead atoms. The van der Waals surface area contributed by atoms with Crippen molar-refractivity contribution in [2.75, 3.05) is 6.61 Å². The predicted molar refractivity (Wildman–Crippen MR) is 114 cm³/mol. The number of ether oxygens (including phenoxy) is 3. The van der Waals surface area contributed by atoms with Crippen LogP contribution in [0.1, 0.15) is 64.5 Å². The number of hydrogen-bond donors (Lipinski definition) is 1. The van der Waals surface area contributed by atoms with E-state index in [-0.39, 0.29) is 54.9 Å². The number of hydrogen-bond acceptors (Lipinski definition) is 8. The number of carbonyl (C=O) groups excluding carboxylic acids is 3. The van der Waals surface area contributed by atoms with Gasteiger partial charge in [0.05, 0.1) is 42.3 Å². The van der Waals surface area contributed by atoms with Crippen LogP contribution >= 0.6 is 0 Å². The Morgan fingerprint density at radius 2 is 1.79 bits per heavy atom. The molecule has 8 heteroatoms. The van der Waals surface area contributed by atoms with Gasteiger partial charge in [0, 0.05) is 28.2 Å². The van der Waals surface area contributed by atoms with Crippen LogP contribution in [0.5, 0.6) is 0 Å². The van der Waals surface area contributed by atoms with E-state index >= 15 is 0 Å². The fourth-order valence-electron chi connectivity index (χ4n) is 9.59. The highest BCUT2D eigenvalue weighted by atomic mass is 16.7. The van der Waals surface area contributed by atoms with Gasteiger partial charge >= 0.3 is 11.9 Å². The Morgan fingerprint density at radius 1 is 1.03 bits per heavy atom. The van der Waals surface area contributed by atoms with Gasteiger partial charge < -0.3 is 23.7 Å². The largest absolute Gasteiger partial charge is 0.472 e. The first-order valence-corrected chi connectivity index (χ1v) is 12.3. The van der Waals surface area contributed by atoms with Gasteiger partial charge in [0.1, 0.15) is 18.5 Å². The maximum absolute atomic E-state index is 13.8. The van der Waals surface area contributed by atoms with Crippen molar-refractivity contribution >= 4 is 17.7 Å². The second kappa shape index (κ2) is 5.95. The Labute approximate surface area is 197 Å². The van der Waals surface area contributed by atoms with E-state index in [0.29, 0.717) is 6.42 Å². The van der Waals surface area contributed by atoms with E-state index in [9.17, 15) is 19.5 Å². The van der Waals surface area contributed by atoms with Crippen LogP contribution in [0.25, 0.3) is 0 Å². The molecule has 1 aromatic rings. The number of esters is 2. The molecule has 9 atom stereocenters. The summed E-state index contributed by atoms with van der Waals surface area (Å²) in [5.41, 5.74) is -2.14. The predicted octanol–water partition coefficient (Wildman–Crippen LogP) is 2.94. The Hall–Kier alpha value is -2.19. The summed E-state index contributed by atoms with van der Waals surface area (Å²) in [5, 5.41) is 12.2. The van der Waals surface area contributed by atoms with Gasteiger partial charge in [-0.15, -0.1) is 0 Å². The fraction of sp³-hybridized carbons (Fsp3) is 0.731. The second-order valence-electron chi connectivity index (χ2n) is 12.3. The van der Waals surface area contributed by atoms with E-state index in [0.717, 1.165) is 18.4 Å². The van der Waals surface area contributed by atoms with Crippen LogP contribution in [-0.2, 0) is 28.6 Å². The zero-order chi connectivity index (χ0) is 23.9. The molecule has 0 unspecified atom stereocenters. The van der Waals surface area contributed by atoms with Gasteiger partial charge in [0.15, 0.2) is 5.79 Å².